The molecule has 0 fully saturated rings. The molecule has 118 valence electrons. The van der Waals surface area contributed by atoms with Crippen molar-refractivity contribution >= 4 is 32.7 Å². The van der Waals surface area contributed by atoms with Crippen molar-refractivity contribution in [2.24, 2.45) is 0 Å². The Bertz CT molecular complexity index is 1040. The number of rotatable bonds is 2. The second-order valence-electron chi connectivity index (χ2n) is 6.18. The van der Waals surface area contributed by atoms with E-state index in [9.17, 15) is 4.79 Å². The summed E-state index contributed by atoms with van der Waals surface area (Å²) < 4.78 is 33.7. The van der Waals surface area contributed by atoms with Gasteiger partial charge in [-0.1, -0.05) is 28.1 Å². The van der Waals surface area contributed by atoms with E-state index in [0.717, 1.165) is 0 Å². The number of amides is 1. The molecule has 0 radical (unpaired) electrons. The van der Waals surface area contributed by atoms with E-state index in [0.29, 0.717) is 16.5 Å². The van der Waals surface area contributed by atoms with Gasteiger partial charge >= 0.3 is 0 Å². The van der Waals surface area contributed by atoms with Gasteiger partial charge in [0.15, 0.2) is 0 Å². The van der Waals surface area contributed by atoms with Crippen molar-refractivity contribution in [1.82, 2.24) is 15.1 Å². The number of carbonyl (C=O) groups is 1. The second-order valence-corrected chi connectivity index (χ2v) is 6.98. The third-order valence-corrected chi connectivity index (χ3v) is 3.48. The van der Waals surface area contributed by atoms with Crippen molar-refractivity contribution in [2.45, 2.75) is 26.3 Å². The zero-order valence-electron chi connectivity index (χ0n) is 17.0. The summed E-state index contributed by atoms with van der Waals surface area (Å²) >= 11 is 3.08. The van der Waals surface area contributed by atoms with Crippen molar-refractivity contribution in [2.75, 3.05) is 0 Å². The topological polar surface area (TPSA) is 46.9 Å². The SMILES string of the molecule is [2H]c1c([2H])c(-n2cc3cccc(C(=O)NC(C)(C)C)c3n2)c([2H])c([2H])c1Br. The number of benzene rings is 2. The van der Waals surface area contributed by atoms with Crippen LogP contribution in [0.4, 0.5) is 0 Å². The summed E-state index contributed by atoms with van der Waals surface area (Å²) in [4.78, 5) is 12.6. The summed E-state index contributed by atoms with van der Waals surface area (Å²) in [6.45, 7) is 5.65. The van der Waals surface area contributed by atoms with Crippen molar-refractivity contribution in [3.63, 3.8) is 0 Å². The molecule has 0 saturated heterocycles. The van der Waals surface area contributed by atoms with Gasteiger partial charge in [0.25, 0.3) is 5.91 Å². The largest absolute Gasteiger partial charge is 0.347 e. The molecular formula is C18H18BrN3O. The Morgan fingerprint density at radius 2 is 1.96 bits per heavy atom. The molecule has 0 aliphatic heterocycles. The highest BCUT2D eigenvalue weighted by Crippen LogP contribution is 2.21. The van der Waals surface area contributed by atoms with Crippen LogP contribution < -0.4 is 5.32 Å². The van der Waals surface area contributed by atoms with Gasteiger partial charge in [-0.2, -0.15) is 5.10 Å². The number of aromatic nitrogens is 2. The van der Waals surface area contributed by atoms with Crippen molar-refractivity contribution < 1.29 is 10.3 Å². The van der Waals surface area contributed by atoms with Crippen LogP contribution in [0, 0.1) is 0 Å². The first kappa shape index (κ1) is 11.4. The maximum absolute atomic E-state index is 12.6. The minimum absolute atomic E-state index is 0.0339. The maximum atomic E-state index is 12.6. The third-order valence-electron chi connectivity index (χ3n) is 3.08. The number of halogens is 1. The summed E-state index contributed by atoms with van der Waals surface area (Å²) in [6, 6.07) is 4.39. The summed E-state index contributed by atoms with van der Waals surface area (Å²) in [7, 11) is 0. The molecule has 0 atom stereocenters. The molecule has 1 aromatic heterocycles. The standard InChI is InChI=1S/C18H18BrN3O/c1-18(2,3)20-17(23)15-6-4-5-12-11-22(21-16(12)15)14-9-7-13(19)8-10-14/h4-11H,1-3H3,(H,20,23)/i7D,8D,9D,10D. The lowest BCUT2D eigenvalue weighted by atomic mass is 10.1. The molecule has 5 heteroatoms. The Hall–Kier alpha value is -2.14. The quantitative estimate of drug-likeness (QED) is 0.724. The second kappa shape index (κ2) is 5.81. The number of fused-ring (bicyclic) bond motifs is 1. The minimum atomic E-state index is -0.406. The highest BCUT2D eigenvalue weighted by molar-refractivity contribution is 9.10. The third kappa shape index (κ3) is 3.45. The lowest BCUT2D eigenvalue weighted by Gasteiger charge is -2.20. The maximum Gasteiger partial charge on any atom is 0.253 e. The summed E-state index contributed by atoms with van der Waals surface area (Å²) in [5.41, 5.74) is 0.440. The molecule has 3 aromatic rings. The fourth-order valence-corrected chi connectivity index (χ4v) is 2.35. The molecule has 0 aliphatic rings. The molecule has 0 saturated carbocycles. The number of hydrogen-bond donors (Lipinski definition) is 1. The summed E-state index contributed by atoms with van der Waals surface area (Å²) in [6.07, 6.45) is 1.60. The average Bonchev–Trinajstić information content (AvgIpc) is 3.00. The van der Waals surface area contributed by atoms with Crippen LogP contribution in [0.15, 0.2) is 53.0 Å². The van der Waals surface area contributed by atoms with Crippen LogP contribution in [0.3, 0.4) is 0 Å². The summed E-state index contributed by atoms with van der Waals surface area (Å²) in [5, 5.41) is 7.96. The van der Waals surface area contributed by atoms with E-state index in [1.54, 1.807) is 24.4 Å². The Labute approximate surface area is 149 Å². The molecule has 3 rings (SSSR count). The van der Waals surface area contributed by atoms with Gasteiger partial charge in [-0.05, 0) is 51.0 Å². The minimum Gasteiger partial charge on any atom is -0.347 e. The van der Waals surface area contributed by atoms with E-state index >= 15 is 0 Å². The van der Waals surface area contributed by atoms with Crippen LogP contribution in [-0.2, 0) is 0 Å². The molecule has 4 nitrogen and oxygen atoms in total. The van der Waals surface area contributed by atoms with Crippen LogP contribution >= 0.6 is 15.9 Å². The van der Waals surface area contributed by atoms with E-state index in [-0.39, 0.29) is 40.2 Å². The normalized spacial score (nSPS) is 14.1. The van der Waals surface area contributed by atoms with Gasteiger partial charge in [-0.25, -0.2) is 4.68 Å². The molecule has 1 heterocycles. The molecule has 2 aromatic carbocycles. The Morgan fingerprint density at radius 3 is 2.61 bits per heavy atom. The Morgan fingerprint density at radius 1 is 1.26 bits per heavy atom. The Kier molecular flexibility index (Phi) is 2.88. The van der Waals surface area contributed by atoms with Crippen LogP contribution in [-0.4, -0.2) is 21.2 Å². The Balaban J connectivity index is 2.20. The van der Waals surface area contributed by atoms with Crippen molar-refractivity contribution in [1.29, 1.82) is 0 Å². The zero-order chi connectivity index (χ0) is 20.1. The molecule has 1 N–H and O–H groups in total. The first-order chi connectivity index (χ1) is 12.5. The molecule has 1 amide bonds. The molecule has 0 aliphatic carbocycles. The summed E-state index contributed by atoms with van der Waals surface area (Å²) in [5.74, 6) is -0.270. The van der Waals surface area contributed by atoms with Gasteiger partial charge < -0.3 is 5.32 Å². The van der Waals surface area contributed by atoms with Crippen molar-refractivity contribution in [3.8, 4) is 5.69 Å². The van der Waals surface area contributed by atoms with Crippen LogP contribution in [0.5, 0.6) is 0 Å². The van der Waals surface area contributed by atoms with Crippen LogP contribution in [0.25, 0.3) is 16.6 Å². The van der Waals surface area contributed by atoms with E-state index < -0.39 is 5.54 Å². The molecule has 23 heavy (non-hydrogen) atoms. The first-order valence-corrected chi connectivity index (χ1v) is 7.87. The van der Waals surface area contributed by atoms with Crippen LogP contribution in [0.1, 0.15) is 36.6 Å². The highest BCUT2D eigenvalue weighted by atomic mass is 79.9. The molecule has 0 spiro atoms. The van der Waals surface area contributed by atoms with Crippen molar-refractivity contribution in [3.05, 3.63) is 58.6 Å². The van der Waals surface area contributed by atoms with Gasteiger partial charge in [0, 0.05) is 21.6 Å². The first-order valence-electron chi connectivity index (χ1n) is 9.08. The number of hydrogen-bond acceptors (Lipinski definition) is 2. The monoisotopic (exact) mass is 375 g/mol. The predicted molar refractivity (Wildman–Crippen MR) is 96.0 cm³/mol. The van der Waals surface area contributed by atoms with Gasteiger partial charge in [-0.15, -0.1) is 0 Å². The molecule has 0 bridgehead atoms. The molecular weight excluding hydrogens is 354 g/mol. The highest BCUT2D eigenvalue weighted by Gasteiger charge is 2.18. The lowest BCUT2D eigenvalue weighted by Crippen LogP contribution is -2.40. The van der Waals surface area contributed by atoms with Gasteiger partial charge in [0.05, 0.1) is 16.7 Å². The van der Waals surface area contributed by atoms with Gasteiger partial charge in [-0.3, -0.25) is 4.79 Å². The van der Waals surface area contributed by atoms with Crippen LogP contribution in [0.2, 0.25) is 0 Å². The van der Waals surface area contributed by atoms with E-state index in [1.165, 1.54) is 4.68 Å². The molecule has 0 unspecified atom stereocenters. The number of carbonyl (C=O) groups excluding carboxylic acids is 1. The van der Waals surface area contributed by atoms with E-state index in [1.807, 2.05) is 20.8 Å². The van der Waals surface area contributed by atoms with Gasteiger partial charge in [0.1, 0.15) is 5.52 Å². The lowest BCUT2D eigenvalue weighted by molar-refractivity contribution is 0.0921. The number of nitrogens with zero attached hydrogens (tertiary/aromatic N) is 2. The van der Waals surface area contributed by atoms with Gasteiger partial charge in [0.2, 0.25) is 0 Å². The van der Waals surface area contributed by atoms with E-state index in [4.69, 9.17) is 5.48 Å². The fourth-order valence-electron chi connectivity index (χ4n) is 2.16. The average molecular weight is 376 g/mol. The fraction of sp³-hybridized carbons (Fsp3) is 0.222. The van der Waals surface area contributed by atoms with E-state index in [2.05, 4.69) is 26.3 Å². The number of nitrogens with one attached hydrogen (secondary N) is 1. The predicted octanol–water partition coefficient (Wildman–Crippen LogP) is 4.32. The zero-order valence-corrected chi connectivity index (χ0v) is 14.6. The smallest absolute Gasteiger partial charge is 0.253 e.